The molecule has 0 radical (unpaired) electrons. The number of thioether (sulfide) groups is 1. The minimum Gasteiger partial charge on any atom is -0.370 e. The fourth-order valence-electron chi connectivity index (χ4n) is 2.59. The molecule has 2 saturated heterocycles. The molecule has 6 nitrogen and oxygen atoms in total. The van der Waals surface area contributed by atoms with E-state index in [1.54, 1.807) is 4.90 Å². The van der Waals surface area contributed by atoms with Crippen molar-refractivity contribution >= 4 is 23.6 Å². The lowest BCUT2D eigenvalue weighted by Crippen LogP contribution is -2.57. The van der Waals surface area contributed by atoms with Gasteiger partial charge >= 0.3 is 0 Å². The summed E-state index contributed by atoms with van der Waals surface area (Å²) in [6.45, 7) is 2.37. The monoisotopic (exact) mass is 272 g/mol. The van der Waals surface area contributed by atoms with Crippen molar-refractivity contribution in [3.8, 4) is 0 Å². The maximum absolute atomic E-state index is 12.1. The molecule has 0 saturated carbocycles. The van der Waals surface area contributed by atoms with E-state index in [2.05, 4.69) is 5.32 Å². The third-order valence-corrected chi connectivity index (χ3v) is 4.87. The Labute approximate surface area is 111 Å². The Kier molecular flexibility index (Phi) is 4.14. The minimum atomic E-state index is -0.802. The van der Waals surface area contributed by atoms with E-state index in [9.17, 15) is 9.59 Å². The number of amides is 2. The van der Waals surface area contributed by atoms with Crippen molar-refractivity contribution in [2.75, 3.05) is 25.4 Å². The molecule has 0 aromatic heterocycles. The number of nitrogens with zero attached hydrogens (tertiary/aromatic N) is 1. The number of hydrogen-bond donors (Lipinski definition) is 3. The van der Waals surface area contributed by atoms with E-state index < -0.39 is 11.9 Å². The second-order valence-electron chi connectivity index (χ2n) is 4.91. The lowest BCUT2D eigenvalue weighted by atomic mass is 10.0. The molecule has 2 rings (SSSR count). The Morgan fingerprint density at radius 1 is 1.50 bits per heavy atom. The van der Waals surface area contributed by atoms with E-state index in [-0.39, 0.29) is 17.2 Å². The summed E-state index contributed by atoms with van der Waals surface area (Å²) in [4.78, 5) is 24.7. The van der Waals surface area contributed by atoms with Gasteiger partial charge in [0.25, 0.3) is 0 Å². The SMILES string of the molecule is NC(=O)C[C@H](N)C(=O)N1CCCC2(C1)NCCS2. The molecule has 0 aliphatic carbocycles. The van der Waals surface area contributed by atoms with Gasteiger partial charge in [-0.25, -0.2) is 0 Å². The molecule has 2 amide bonds. The lowest BCUT2D eigenvalue weighted by molar-refractivity contribution is -0.136. The van der Waals surface area contributed by atoms with E-state index >= 15 is 0 Å². The zero-order valence-electron chi connectivity index (χ0n) is 10.4. The summed E-state index contributed by atoms with van der Waals surface area (Å²) in [5.41, 5.74) is 10.8. The first kappa shape index (κ1) is 13.6. The third kappa shape index (κ3) is 2.96. The van der Waals surface area contributed by atoms with Crippen molar-refractivity contribution in [3.63, 3.8) is 0 Å². The Hall–Kier alpha value is -0.790. The average molecular weight is 272 g/mol. The molecule has 0 bridgehead atoms. The van der Waals surface area contributed by atoms with Crippen LogP contribution >= 0.6 is 11.8 Å². The normalized spacial score (nSPS) is 29.5. The van der Waals surface area contributed by atoms with Crippen LogP contribution in [0.3, 0.4) is 0 Å². The van der Waals surface area contributed by atoms with E-state index in [0.29, 0.717) is 6.54 Å². The van der Waals surface area contributed by atoms with Crippen LogP contribution in [0.4, 0.5) is 0 Å². The van der Waals surface area contributed by atoms with E-state index in [4.69, 9.17) is 11.5 Å². The number of nitrogens with two attached hydrogens (primary N) is 2. The van der Waals surface area contributed by atoms with Crippen molar-refractivity contribution in [2.45, 2.75) is 30.2 Å². The highest BCUT2D eigenvalue weighted by Gasteiger charge is 2.40. The maximum Gasteiger partial charge on any atom is 0.240 e. The summed E-state index contributed by atoms with van der Waals surface area (Å²) in [5, 5.41) is 3.47. The fraction of sp³-hybridized carbons (Fsp3) is 0.818. The number of carbonyl (C=O) groups excluding carboxylic acids is 2. The number of likely N-dealkylation sites (tertiary alicyclic amines) is 1. The molecule has 1 unspecified atom stereocenters. The standard InChI is InChI=1S/C11H20N4O2S/c12-8(6-9(13)16)10(17)15-4-1-2-11(7-15)14-3-5-18-11/h8,14H,1-7,12H2,(H2,13,16)/t8-,11?/m0/s1. The van der Waals surface area contributed by atoms with Gasteiger partial charge in [0.1, 0.15) is 0 Å². The molecule has 0 aromatic carbocycles. The summed E-state index contributed by atoms with van der Waals surface area (Å²) >= 11 is 1.87. The molecule has 2 fully saturated rings. The van der Waals surface area contributed by atoms with Crippen LogP contribution in [-0.4, -0.2) is 53.0 Å². The number of nitrogens with one attached hydrogen (secondary N) is 1. The molecule has 2 heterocycles. The van der Waals surface area contributed by atoms with Crippen LogP contribution < -0.4 is 16.8 Å². The van der Waals surface area contributed by atoms with Crippen LogP contribution in [0.15, 0.2) is 0 Å². The van der Waals surface area contributed by atoms with Crippen molar-refractivity contribution < 1.29 is 9.59 Å². The summed E-state index contributed by atoms with van der Waals surface area (Å²) in [7, 11) is 0. The number of rotatable bonds is 3. The smallest absolute Gasteiger partial charge is 0.240 e. The van der Waals surface area contributed by atoms with Crippen molar-refractivity contribution in [3.05, 3.63) is 0 Å². The lowest BCUT2D eigenvalue weighted by Gasteiger charge is -2.40. The van der Waals surface area contributed by atoms with Crippen molar-refractivity contribution in [1.82, 2.24) is 10.2 Å². The molecule has 2 aliphatic rings. The fourth-order valence-corrected chi connectivity index (χ4v) is 3.92. The van der Waals surface area contributed by atoms with Crippen LogP contribution in [-0.2, 0) is 9.59 Å². The third-order valence-electron chi connectivity index (χ3n) is 3.43. The second-order valence-corrected chi connectivity index (χ2v) is 6.39. The highest BCUT2D eigenvalue weighted by atomic mass is 32.2. The van der Waals surface area contributed by atoms with Crippen molar-refractivity contribution in [1.29, 1.82) is 0 Å². The van der Waals surface area contributed by atoms with Crippen LogP contribution in [0.25, 0.3) is 0 Å². The molecule has 7 heteroatoms. The Morgan fingerprint density at radius 2 is 2.28 bits per heavy atom. The van der Waals surface area contributed by atoms with E-state index in [1.165, 1.54) is 0 Å². The van der Waals surface area contributed by atoms with Crippen LogP contribution in [0.2, 0.25) is 0 Å². The van der Waals surface area contributed by atoms with Gasteiger partial charge in [0.2, 0.25) is 11.8 Å². The Bertz CT molecular complexity index is 344. The first-order valence-corrected chi connectivity index (χ1v) is 7.23. The van der Waals surface area contributed by atoms with Gasteiger partial charge in [-0.3, -0.25) is 9.59 Å². The number of primary amides is 1. The molecular weight excluding hydrogens is 252 g/mol. The van der Waals surface area contributed by atoms with Gasteiger partial charge in [-0.2, -0.15) is 0 Å². The van der Waals surface area contributed by atoms with Crippen LogP contribution in [0, 0.1) is 0 Å². The largest absolute Gasteiger partial charge is 0.370 e. The number of carbonyl (C=O) groups is 2. The molecular formula is C11H20N4O2S. The topological polar surface area (TPSA) is 101 Å². The molecule has 0 aromatic rings. The quantitative estimate of drug-likeness (QED) is 0.602. The van der Waals surface area contributed by atoms with E-state index in [0.717, 1.165) is 31.7 Å². The van der Waals surface area contributed by atoms with Gasteiger partial charge in [0, 0.05) is 25.4 Å². The number of hydrogen-bond acceptors (Lipinski definition) is 5. The minimum absolute atomic E-state index is 0.000351. The Balaban J connectivity index is 1.95. The predicted molar refractivity (Wildman–Crippen MR) is 70.8 cm³/mol. The predicted octanol–water partition coefficient (Wildman–Crippen LogP) is -1.16. The van der Waals surface area contributed by atoms with Gasteiger partial charge in [0.15, 0.2) is 0 Å². The highest BCUT2D eigenvalue weighted by molar-refractivity contribution is 8.00. The average Bonchev–Trinajstić information content (AvgIpc) is 2.75. The first-order chi connectivity index (χ1) is 8.52. The summed E-state index contributed by atoms with van der Waals surface area (Å²) in [6, 6.07) is -0.802. The molecule has 2 atom stereocenters. The second kappa shape index (κ2) is 5.46. The summed E-state index contributed by atoms with van der Waals surface area (Å²) < 4.78 is 0. The molecule has 18 heavy (non-hydrogen) atoms. The van der Waals surface area contributed by atoms with Gasteiger partial charge in [-0.15, -0.1) is 11.8 Å². The zero-order chi connectivity index (χ0) is 13.2. The van der Waals surface area contributed by atoms with E-state index in [1.807, 2.05) is 11.8 Å². The van der Waals surface area contributed by atoms with Crippen LogP contribution in [0.1, 0.15) is 19.3 Å². The van der Waals surface area contributed by atoms with Gasteiger partial charge < -0.3 is 21.7 Å². The van der Waals surface area contributed by atoms with Gasteiger partial charge in [-0.1, -0.05) is 0 Å². The van der Waals surface area contributed by atoms with Crippen molar-refractivity contribution in [2.24, 2.45) is 11.5 Å². The molecule has 102 valence electrons. The van der Waals surface area contributed by atoms with Crippen LogP contribution in [0.5, 0.6) is 0 Å². The van der Waals surface area contributed by atoms with Gasteiger partial charge in [-0.05, 0) is 12.8 Å². The molecule has 2 aliphatic heterocycles. The maximum atomic E-state index is 12.1. The first-order valence-electron chi connectivity index (χ1n) is 6.24. The molecule has 5 N–H and O–H groups in total. The zero-order valence-corrected chi connectivity index (χ0v) is 11.2. The summed E-state index contributed by atoms with van der Waals surface area (Å²) in [6.07, 6.45) is 1.96. The molecule has 1 spiro atoms. The summed E-state index contributed by atoms with van der Waals surface area (Å²) in [5.74, 6) is 0.383. The highest BCUT2D eigenvalue weighted by Crippen LogP contribution is 2.35. The number of piperidine rings is 1. The Morgan fingerprint density at radius 3 is 2.89 bits per heavy atom. The van der Waals surface area contributed by atoms with Gasteiger partial charge in [0.05, 0.1) is 17.3 Å².